The SMILES string of the molecule is CC(C)CCC(CC(C)C)C(=O)N=C(N)c1ccc(C(F)(F)F)nc1C1CCCO1. The van der Waals surface area contributed by atoms with Gasteiger partial charge in [0, 0.05) is 18.1 Å². The lowest BCUT2D eigenvalue weighted by molar-refractivity contribution is -0.141. The van der Waals surface area contributed by atoms with Crippen LogP contribution in [-0.2, 0) is 15.7 Å². The molecule has 0 spiro atoms. The third-order valence-corrected chi connectivity index (χ3v) is 5.15. The van der Waals surface area contributed by atoms with Crippen molar-refractivity contribution in [3.63, 3.8) is 0 Å². The van der Waals surface area contributed by atoms with E-state index in [0.29, 0.717) is 37.7 Å². The number of amides is 1. The molecule has 8 heteroatoms. The fraction of sp³-hybridized carbons (Fsp3) is 0.682. The van der Waals surface area contributed by atoms with Gasteiger partial charge in [-0.25, -0.2) is 4.98 Å². The van der Waals surface area contributed by atoms with Crippen molar-refractivity contribution in [2.75, 3.05) is 6.61 Å². The molecular weight excluding hydrogens is 395 g/mol. The normalized spacial score (nSPS) is 19.0. The van der Waals surface area contributed by atoms with Gasteiger partial charge in [-0.2, -0.15) is 18.2 Å². The number of nitrogens with two attached hydrogens (primary N) is 1. The van der Waals surface area contributed by atoms with Crippen LogP contribution < -0.4 is 5.73 Å². The second-order valence-corrected chi connectivity index (χ2v) is 8.76. The number of carbonyl (C=O) groups is 1. The zero-order valence-electron chi connectivity index (χ0n) is 18.1. The standard InChI is InChI=1S/C22H32F3N3O2/c1-13(2)7-8-15(12-14(3)4)21(29)28-20(26)16-9-10-18(22(23,24)25)27-19(16)17-6-5-11-30-17/h9-10,13-15,17H,5-8,11-12H2,1-4H3,(H2,26,28,29). The van der Waals surface area contributed by atoms with Gasteiger partial charge in [0.2, 0.25) is 0 Å². The number of halogens is 3. The Morgan fingerprint density at radius 2 is 1.93 bits per heavy atom. The Bertz CT molecular complexity index is 754. The van der Waals surface area contributed by atoms with Crippen molar-refractivity contribution < 1.29 is 22.7 Å². The van der Waals surface area contributed by atoms with Crippen molar-refractivity contribution in [3.05, 3.63) is 29.1 Å². The minimum Gasteiger partial charge on any atom is -0.383 e. The first-order chi connectivity index (χ1) is 14.0. The van der Waals surface area contributed by atoms with E-state index in [2.05, 4.69) is 23.8 Å². The fourth-order valence-electron chi connectivity index (χ4n) is 3.60. The third kappa shape index (κ3) is 6.79. The van der Waals surface area contributed by atoms with Gasteiger partial charge < -0.3 is 10.5 Å². The summed E-state index contributed by atoms with van der Waals surface area (Å²) in [5.41, 5.74) is 5.42. The van der Waals surface area contributed by atoms with Crippen LogP contribution >= 0.6 is 0 Å². The van der Waals surface area contributed by atoms with Crippen LogP contribution in [0.5, 0.6) is 0 Å². The maximum absolute atomic E-state index is 13.2. The summed E-state index contributed by atoms with van der Waals surface area (Å²) in [5, 5.41) is 0. The van der Waals surface area contributed by atoms with Gasteiger partial charge in [-0.3, -0.25) is 4.79 Å². The van der Waals surface area contributed by atoms with Gasteiger partial charge in [0.25, 0.3) is 5.91 Å². The summed E-state index contributed by atoms with van der Waals surface area (Å²) in [4.78, 5) is 20.7. The van der Waals surface area contributed by atoms with E-state index in [0.717, 1.165) is 18.9 Å². The van der Waals surface area contributed by atoms with E-state index < -0.39 is 18.0 Å². The van der Waals surface area contributed by atoms with Crippen LogP contribution in [0.25, 0.3) is 0 Å². The molecule has 2 heterocycles. The molecule has 1 saturated heterocycles. The summed E-state index contributed by atoms with van der Waals surface area (Å²) in [7, 11) is 0. The summed E-state index contributed by atoms with van der Waals surface area (Å²) in [5.74, 6) is 0.0707. The van der Waals surface area contributed by atoms with E-state index in [1.54, 1.807) is 0 Å². The number of rotatable bonds is 8. The summed E-state index contributed by atoms with van der Waals surface area (Å²) in [6.45, 7) is 8.71. The van der Waals surface area contributed by atoms with Gasteiger partial charge in [0.05, 0.1) is 5.69 Å². The van der Waals surface area contributed by atoms with Gasteiger partial charge in [0.1, 0.15) is 17.6 Å². The smallest absolute Gasteiger partial charge is 0.383 e. The highest BCUT2D eigenvalue weighted by Gasteiger charge is 2.35. The first-order valence-electron chi connectivity index (χ1n) is 10.6. The number of carbonyl (C=O) groups excluding carboxylic acids is 1. The van der Waals surface area contributed by atoms with Gasteiger partial charge in [-0.05, 0) is 49.7 Å². The van der Waals surface area contributed by atoms with Crippen LogP contribution in [0.2, 0.25) is 0 Å². The van der Waals surface area contributed by atoms with E-state index in [1.165, 1.54) is 6.07 Å². The molecule has 2 unspecified atom stereocenters. The Labute approximate surface area is 176 Å². The van der Waals surface area contributed by atoms with E-state index in [9.17, 15) is 18.0 Å². The maximum Gasteiger partial charge on any atom is 0.433 e. The number of alkyl halides is 3. The molecule has 0 aliphatic carbocycles. The lowest BCUT2D eigenvalue weighted by Gasteiger charge is -2.18. The van der Waals surface area contributed by atoms with Crippen LogP contribution in [0.15, 0.2) is 17.1 Å². The van der Waals surface area contributed by atoms with Crippen molar-refractivity contribution in [2.45, 2.75) is 72.1 Å². The highest BCUT2D eigenvalue weighted by Crippen LogP contribution is 2.34. The lowest BCUT2D eigenvalue weighted by Crippen LogP contribution is -2.24. The van der Waals surface area contributed by atoms with E-state index >= 15 is 0 Å². The minimum absolute atomic E-state index is 0.0963. The first kappa shape index (κ1) is 24.3. The van der Waals surface area contributed by atoms with Crippen LogP contribution in [-0.4, -0.2) is 23.3 Å². The highest BCUT2D eigenvalue weighted by atomic mass is 19.4. The predicted octanol–water partition coefficient (Wildman–Crippen LogP) is 5.28. The summed E-state index contributed by atoms with van der Waals surface area (Å²) >= 11 is 0. The van der Waals surface area contributed by atoms with Crippen molar-refractivity contribution in [1.82, 2.24) is 4.98 Å². The summed E-state index contributed by atoms with van der Waals surface area (Å²) in [6, 6.07) is 2.11. The molecule has 5 nitrogen and oxygen atoms in total. The summed E-state index contributed by atoms with van der Waals surface area (Å²) in [6.07, 6.45) is -1.61. The second kappa shape index (κ2) is 10.4. The second-order valence-electron chi connectivity index (χ2n) is 8.76. The molecule has 0 bridgehead atoms. The van der Waals surface area contributed by atoms with Crippen LogP contribution in [0.3, 0.4) is 0 Å². The zero-order chi connectivity index (χ0) is 22.5. The van der Waals surface area contributed by atoms with E-state index in [4.69, 9.17) is 10.5 Å². The van der Waals surface area contributed by atoms with Crippen LogP contribution in [0.4, 0.5) is 13.2 Å². The molecule has 1 aliphatic heterocycles. The Morgan fingerprint density at radius 1 is 1.23 bits per heavy atom. The number of aromatic nitrogens is 1. The molecule has 1 aliphatic rings. The highest BCUT2D eigenvalue weighted by molar-refractivity contribution is 6.05. The number of aliphatic imine (C=N–C) groups is 1. The molecule has 2 atom stereocenters. The number of hydrogen-bond donors (Lipinski definition) is 1. The Kier molecular flexibility index (Phi) is 8.41. The number of amidine groups is 1. The molecule has 0 radical (unpaired) electrons. The van der Waals surface area contributed by atoms with Crippen molar-refractivity contribution in [3.8, 4) is 0 Å². The molecule has 0 saturated carbocycles. The molecular formula is C22H32F3N3O2. The van der Waals surface area contributed by atoms with Crippen molar-refractivity contribution in [2.24, 2.45) is 28.5 Å². The first-order valence-corrected chi connectivity index (χ1v) is 10.6. The van der Waals surface area contributed by atoms with Crippen molar-refractivity contribution in [1.29, 1.82) is 0 Å². The molecule has 1 fully saturated rings. The predicted molar refractivity (Wildman–Crippen MR) is 110 cm³/mol. The fourth-order valence-corrected chi connectivity index (χ4v) is 3.60. The molecule has 2 rings (SSSR count). The van der Waals surface area contributed by atoms with Gasteiger partial charge in [0.15, 0.2) is 0 Å². The van der Waals surface area contributed by atoms with Gasteiger partial charge >= 0.3 is 6.18 Å². The molecule has 30 heavy (non-hydrogen) atoms. The Hall–Kier alpha value is -1.96. The largest absolute Gasteiger partial charge is 0.433 e. The summed E-state index contributed by atoms with van der Waals surface area (Å²) < 4.78 is 45.0. The number of hydrogen-bond acceptors (Lipinski definition) is 3. The number of ether oxygens (including phenoxy) is 1. The quantitative estimate of drug-likeness (QED) is 0.452. The van der Waals surface area contributed by atoms with Crippen molar-refractivity contribution >= 4 is 11.7 Å². The molecule has 0 aromatic carbocycles. The molecule has 1 aromatic rings. The topological polar surface area (TPSA) is 77.6 Å². The monoisotopic (exact) mass is 427 g/mol. The molecule has 168 valence electrons. The molecule has 1 amide bonds. The zero-order valence-corrected chi connectivity index (χ0v) is 18.1. The van der Waals surface area contributed by atoms with E-state index in [1.807, 2.05) is 13.8 Å². The molecule has 1 aromatic heterocycles. The number of pyridine rings is 1. The third-order valence-electron chi connectivity index (χ3n) is 5.15. The Balaban J connectivity index is 2.35. The maximum atomic E-state index is 13.2. The average molecular weight is 428 g/mol. The lowest BCUT2D eigenvalue weighted by atomic mass is 9.90. The minimum atomic E-state index is -4.58. The van der Waals surface area contributed by atoms with Gasteiger partial charge in [-0.15, -0.1) is 0 Å². The van der Waals surface area contributed by atoms with Crippen LogP contribution in [0.1, 0.15) is 82.9 Å². The Morgan fingerprint density at radius 3 is 2.47 bits per heavy atom. The van der Waals surface area contributed by atoms with Gasteiger partial charge in [-0.1, -0.05) is 34.1 Å². The molecule has 2 N–H and O–H groups in total. The van der Waals surface area contributed by atoms with Crippen LogP contribution in [0, 0.1) is 17.8 Å². The average Bonchev–Trinajstić information content (AvgIpc) is 3.17. The van der Waals surface area contributed by atoms with E-state index in [-0.39, 0.29) is 28.9 Å². The number of nitrogens with zero attached hydrogens (tertiary/aromatic N) is 2.